The predicted octanol–water partition coefficient (Wildman–Crippen LogP) is 2.76. The molecule has 2 aromatic rings. The smallest absolute Gasteiger partial charge is 0.192 e. The Morgan fingerprint density at radius 3 is 2.88 bits per heavy atom. The standard InChI is InChI=1S/C22H32FN7O.HI/c1-16-27-28-21(29(16)2)14-25-22(24-13-20-9-5-11-31-20)26-18-7-4-10-30(15-18)19-8-3-6-17(23)12-19;/h3,6,8,12,18,20H,4-5,7,9-11,13-15H2,1-2H3,(H2,24,25,26);1H. The number of benzene rings is 1. The lowest BCUT2D eigenvalue weighted by Gasteiger charge is -2.35. The van der Waals surface area contributed by atoms with Crippen molar-refractivity contribution in [2.45, 2.75) is 51.3 Å². The van der Waals surface area contributed by atoms with E-state index < -0.39 is 0 Å². The fourth-order valence-corrected chi connectivity index (χ4v) is 4.10. The van der Waals surface area contributed by atoms with E-state index in [1.165, 1.54) is 6.07 Å². The summed E-state index contributed by atoms with van der Waals surface area (Å²) in [5, 5.41) is 15.4. The molecule has 8 nitrogen and oxygen atoms in total. The molecule has 0 bridgehead atoms. The fraction of sp³-hybridized carbons (Fsp3) is 0.591. The molecule has 2 aliphatic heterocycles. The van der Waals surface area contributed by atoms with Crippen molar-refractivity contribution >= 4 is 35.6 Å². The van der Waals surface area contributed by atoms with Gasteiger partial charge < -0.3 is 24.8 Å². The summed E-state index contributed by atoms with van der Waals surface area (Å²) >= 11 is 0. The monoisotopic (exact) mass is 557 g/mol. The number of nitrogens with zero attached hydrogens (tertiary/aromatic N) is 5. The highest BCUT2D eigenvalue weighted by atomic mass is 127. The number of anilines is 1. The van der Waals surface area contributed by atoms with Crippen LogP contribution in [0.5, 0.6) is 0 Å². The highest BCUT2D eigenvalue weighted by Gasteiger charge is 2.22. The van der Waals surface area contributed by atoms with Crippen LogP contribution in [0, 0.1) is 12.7 Å². The molecule has 1 aromatic heterocycles. The van der Waals surface area contributed by atoms with Gasteiger partial charge in [0, 0.05) is 45.0 Å². The van der Waals surface area contributed by atoms with Gasteiger partial charge in [0.1, 0.15) is 18.2 Å². The third-order valence-electron chi connectivity index (χ3n) is 6.02. The largest absolute Gasteiger partial charge is 0.376 e. The summed E-state index contributed by atoms with van der Waals surface area (Å²) in [6.07, 6.45) is 4.47. The highest BCUT2D eigenvalue weighted by molar-refractivity contribution is 14.0. The van der Waals surface area contributed by atoms with E-state index in [4.69, 9.17) is 9.73 Å². The molecule has 2 atom stereocenters. The summed E-state index contributed by atoms with van der Waals surface area (Å²) in [5.41, 5.74) is 0.923. The number of aryl methyl sites for hydroxylation is 1. The number of halogens is 2. The van der Waals surface area contributed by atoms with Crippen LogP contribution in [0.2, 0.25) is 0 Å². The first-order valence-electron chi connectivity index (χ1n) is 11.1. The number of rotatable bonds is 6. The third-order valence-corrected chi connectivity index (χ3v) is 6.02. The molecule has 0 aliphatic carbocycles. The van der Waals surface area contributed by atoms with Crippen LogP contribution >= 0.6 is 24.0 Å². The lowest BCUT2D eigenvalue weighted by molar-refractivity contribution is 0.113. The van der Waals surface area contributed by atoms with E-state index in [1.807, 2.05) is 24.6 Å². The van der Waals surface area contributed by atoms with Gasteiger partial charge in [-0.25, -0.2) is 9.38 Å². The Morgan fingerprint density at radius 2 is 2.16 bits per heavy atom. The summed E-state index contributed by atoms with van der Waals surface area (Å²) in [5.74, 6) is 2.24. The molecule has 2 aliphatic rings. The van der Waals surface area contributed by atoms with E-state index in [9.17, 15) is 4.39 Å². The van der Waals surface area contributed by atoms with Crippen LogP contribution in [0.3, 0.4) is 0 Å². The Kier molecular flexibility index (Phi) is 9.09. The zero-order valence-electron chi connectivity index (χ0n) is 18.8. The van der Waals surface area contributed by atoms with Crippen molar-refractivity contribution in [1.82, 2.24) is 25.4 Å². The Hall–Kier alpha value is -1.95. The molecule has 32 heavy (non-hydrogen) atoms. The third kappa shape index (κ3) is 6.53. The Balaban J connectivity index is 0.00000289. The molecular weight excluding hydrogens is 524 g/mol. The second kappa shape index (κ2) is 11.8. The second-order valence-electron chi connectivity index (χ2n) is 8.31. The Bertz CT molecular complexity index is 900. The first-order valence-corrected chi connectivity index (χ1v) is 11.1. The maximum atomic E-state index is 13.7. The van der Waals surface area contributed by atoms with Gasteiger partial charge in [-0.15, -0.1) is 34.2 Å². The van der Waals surface area contributed by atoms with Crippen LogP contribution in [0.15, 0.2) is 29.3 Å². The number of hydrogen-bond donors (Lipinski definition) is 2. The van der Waals surface area contributed by atoms with Crippen molar-refractivity contribution < 1.29 is 9.13 Å². The molecule has 0 amide bonds. The molecule has 0 radical (unpaired) electrons. The maximum Gasteiger partial charge on any atom is 0.192 e. The van der Waals surface area contributed by atoms with Crippen LogP contribution in [-0.2, 0) is 18.3 Å². The molecule has 2 unspecified atom stereocenters. The lowest BCUT2D eigenvalue weighted by Crippen LogP contribution is -2.52. The van der Waals surface area contributed by atoms with Crippen molar-refractivity contribution in [3.8, 4) is 0 Å². The summed E-state index contributed by atoms with van der Waals surface area (Å²) < 4.78 is 21.4. The number of hydrogen-bond acceptors (Lipinski definition) is 5. The second-order valence-corrected chi connectivity index (χ2v) is 8.31. The molecule has 2 N–H and O–H groups in total. The molecule has 176 valence electrons. The number of ether oxygens (including phenoxy) is 1. The first kappa shape index (κ1) is 24.7. The molecule has 4 rings (SSSR count). The number of guanidine groups is 1. The topological polar surface area (TPSA) is 79.6 Å². The molecule has 0 saturated carbocycles. The number of nitrogens with one attached hydrogen (secondary N) is 2. The summed E-state index contributed by atoms with van der Waals surface area (Å²) in [4.78, 5) is 7.00. The molecule has 0 spiro atoms. The summed E-state index contributed by atoms with van der Waals surface area (Å²) in [7, 11) is 1.95. The van der Waals surface area contributed by atoms with E-state index in [0.717, 1.165) is 75.2 Å². The summed E-state index contributed by atoms with van der Waals surface area (Å²) in [6.45, 7) is 5.65. The van der Waals surface area contributed by atoms with E-state index in [1.54, 1.807) is 12.1 Å². The van der Waals surface area contributed by atoms with Gasteiger partial charge >= 0.3 is 0 Å². The van der Waals surface area contributed by atoms with Gasteiger partial charge in [-0.05, 0) is 50.8 Å². The van der Waals surface area contributed by atoms with Crippen LogP contribution < -0.4 is 15.5 Å². The van der Waals surface area contributed by atoms with Gasteiger partial charge in [0.15, 0.2) is 11.8 Å². The average molecular weight is 557 g/mol. The van der Waals surface area contributed by atoms with E-state index in [2.05, 4.69) is 25.7 Å². The Morgan fingerprint density at radius 1 is 1.28 bits per heavy atom. The molecule has 10 heteroatoms. The van der Waals surface area contributed by atoms with Gasteiger partial charge in [-0.2, -0.15) is 0 Å². The van der Waals surface area contributed by atoms with Crippen molar-refractivity contribution in [3.63, 3.8) is 0 Å². The van der Waals surface area contributed by atoms with Crippen molar-refractivity contribution in [3.05, 3.63) is 41.7 Å². The number of aromatic nitrogens is 3. The highest BCUT2D eigenvalue weighted by Crippen LogP contribution is 2.21. The SMILES string of the molecule is Cc1nnc(CN=C(NCC2CCCO2)NC2CCCN(c3cccc(F)c3)C2)n1C.I. The predicted molar refractivity (Wildman–Crippen MR) is 134 cm³/mol. The van der Waals surface area contributed by atoms with Crippen molar-refractivity contribution in [1.29, 1.82) is 0 Å². The maximum absolute atomic E-state index is 13.7. The molecule has 1 aromatic carbocycles. The van der Waals surface area contributed by atoms with E-state index in [-0.39, 0.29) is 41.9 Å². The normalized spacial score (nSPS) is 21.3. The van der Waals surface area contributed by atoms with Crippen LogP contribution in [0.1, 0.15) is 37.3 Å². The molecule has 2 fully saturated rings. The quantitative estimate of drug-likeness (QED) is 0.323. The van der Waals surface area contributed by atoms with Crippen molar-refractivity contribution in [2.75, 3.05) is 31.1 Å². The van der Waals surface area contributed by atoms with Gasteiger partial charge in [0.2, 0.25) is 0 Å². The van der Waals surface area contributed by atoms with E-state index >= 15 is 0 Å². The van der Waals surface area contributed by atoms with Crippen LogP contribution in [-0.4, -0.2) is 59.1 Å². The zero-order valence-corrected chi connectivity index (χ0v) is 21.1. The lowest BCUT2D eigenvalue weighted by atomic mass is 10.0. The minimum atomic E-state index is -0.202. The van der Waals surface area contributed by atoms with Crippen molar-refractivity contribution in [2.24, 2.45) is 12.0 Å². The fourth-order valence-electron chi connectivity index (χ4n) is 4.10. The number of aliphatic imine (C=N–C) groups is 1. The first-order chi connectivity index (χ1) is 15.1. The minimum absolute atomic E-state index is 0. The molecule has 2 saturated heterocycles. The molecular formula is C22H33FIN7O. The molecule has 3 heterocycles. The van der Waals surface area contributed by atoms with Gasteiger partial charge in [0.25, 0.3) is 0 Å². The average Bonchev–Trinajstić information content (AvgIpc) is 3.41. The Labute approximate surface area is 206 Å². The minimum Gasteiger partial charge on any atom is -0.376 e. The van der Waals surface area contributed by atoms with Gasteiger partial charge in [0.05, 0.1) is 6.10 Å². The summed E-state index contributed by atoms with van der Waals surface area (Å²) in [6, 6.07) is 7.03. The van der Waals surface area contributed by atoms with Crippen LogP contribution in [0.4, 0.5) is 10.1 Å². The number of piperidine rings is 1. The van der Waals surface area contributed by atoms with Crippen LogP contribution in [0.25, 0.3) is 0 Å². The van der Waals surface area contributed by atoms with Gasteiger partial charge in [-0.1, -0.05) is 6.07 Å². The van der Waals surface area contributed by atoms with Gasteiger partial charge in [-0.3, -0.25) is 0 Å². The van der Waals surface area contributed by atoms with E-state index in [0.29, 0.717) is 6.54 Å². The zero-order chi connectivity index (χ0) is 21.6.